The molecule has 3 aromatic rings. The first kappa shape index (κ1) is 26.2. The standard InChI is InChI=1S/C23H14Br2F3NO6S/c24-15-8-5-9-16(25)21(15)34-22(31)20-13-6-1-3-10-17(13)29(18-11-4-2-7-14(18)20)12-19(30)35-36(32,33)23(26,27)28/h1-11,20H,12H2. The molecule has 0 saturated heterocycles. The molecule has 0 N–H and O–H groups in total. The topological polar surface area (TPSA) is 90.0 Å². The summed E-state index contributed by atoms with van der Waals surface area (Å²) in [7, 11) is -6.13. The molecule has 1 aliphatic rings. The minimum absolute atomic E-state index is 0.251. The molecule has 0 bridgehead atoms. The molecule has 4 rings (SSSR count). The zero-order valence-corrected chi connectivity index (χ0v) is 21.8. The molecule has 1 aliphatic heterocycles. The van der Waals surface area contributed by atoms with Crippen molar-refractivity contribution in [2.24, 2.45) is 0 Å². The molecule has 0 radical (unpaired) electrons. The number of halogens is 5. The van der Waals surface area contributed by atoms with Gasteiger partial charge in [-0.15, -0.1) is 0 Å². The maximum Gasteiger partial charge on any atom is 0.534 e. The molecule has 0 spiro atoms. The summed E-state index contributed by atoms with van der Waals surface area (Å²) in [4.78, 5) is 27.0. The number of esters is 1. The molecule has 1 heterocycles. The van der Waals surface area contributed by atoms with Gasteiger partial charge in [0.05, 0.1) is 8.95 Å². The summed E-state index contributed by atoms with van der Waals surface area (Å²) in [5.74, 6) is -3.00. The predicted octanol–water partition coefficient (Wildman–Crippen LogP) is 5.79. The predicted molar refractivity (Wildman–Crippen MR) is 130 cm³/mol. The molecule has 0 aromatic heterocycles. The van der Waals surface area contributed by atoms with Crippen LogP contribution in [0.4, 0.5) is 24.5 Å². The lowest BCUT2D eigenvalue weighted by molar-refractivity contribution is -0.135. The molecule has 0 unspecified atom stereocenters. The number of nitrogens with zero attached hydrogens (tertiary/aromatic N) is 1. The number of hydrogen-bond donors (Lipinski definition) is 0. The molecule has 188 valence electrons. The van der Waals surface area contributed by atoms with Crippen LogP contribution in [-0.2, 0) is 23.9 Å². The van der Waals surface area contributed by atoms with E-state index in [2.05, 4.69) is 36.0 Å². The van der Waals surface area contributed by atoms with Crippen LogP contribution in [0.2, 0.25) is 0 Å². The summed E-state index contributed by atoms with van der Waals surface area (Å²) in [6.07, 6.45) is 0. The van der Waals surface area contributed by atoms with Gasteiger partial charge in [0.15, 0.2) is 5.75 Å². The SMILES string of the molecule is O=C(CN1c2ccccc2C(C(=O)Oc2c(Br)cccc2Br)c2ccccc21)OS(=O)(=O)C(F)(F)F. The number of fused-ring (bicyclic) bond motifs is 2. The number of carbonyl (C=O) groups excluding carboxylic acids is 2. The lowest BCUT2D eigenvalue weighted by Crippen LogP contribution is -2.36. The number of benzene rings is 3. The van der Waals surface area contributed by atoms with Gasteiger partial charge in [0.25, 0.3) is 0 Å². The summed E-state index contributed by atoms with van der Waals surface area (Å²) in [6.45, 7) is -0.860. The van der Waals surface area contributed by atoms with Gasteiger partial charge in [0.1, 0.15) is 12.5 Å². The molecular weight excluding hydrogens is 635 g/mol. The average molecular weight is 649 g/mol. The first-order valence-electron chi connectivity index (χ1n) is 10.1. The van der Waals surface area contributed by atoms with Crippen LogP contribution >= 0.6 is 31.9 Å². The highest BCUT2D eigenvalue weighted by Gasteiger charge is 2.50. The van der Waals surface area contributed by atoms with Gasteiger partial charge in [0.2, 0.25) is 0 Å². The molecule has 0 aliphatic carbocycles. The van der Waals surface area contributed by atoms with Gasteiger partial charge in [-0.1, -0.05) is 42.5 Å². The third-order valence-corrected chi connectivity index (χ3v) is 7.43. The Morgan fingerprint density at radius 3 is 1.86 bits per heavy atom. The second-order valence-corrected chi connectivity index (χ2v) is 10.7. The van der Waals surface area contributed by atoms with E-state index in [9.17, 15) is 31.2 Å². The van der Waals surface area contributed by atoms with Gasteiger partial charge in [-0.2, -0.15) is 21.6 Å². The highest BCUT2D eigenvalue weighted by Crippen LogP contribution is 2.46. The normalized spacial score (nSPS) is 13.5. The second-order valence-electron chi connectivity index (χ2n) is 7.46. The van der Waals surface area contributed by atoms with E-state index in [0.717, 1.165) is 0 Å². The molecule has 0 amide bonds. The van der Waals surface area contributed by atoms with Gasteiger partial charge in [-0.3, -0.25) is 4.79 Å². The molecule has 0 fully saturated rings. The molecule has 36 heavy (non-hydrogen) atoms. The van der Waals surface area contributed by atoms with Crippen LogP contribution in [0.25, 0.3) is 0 Å². The van der Waals surface area contributed by atoms with E-state index in [-0.39, 0.29) is 5.75 Å². The van der Waals surface area contributed by atoms with E-state index in [1.807, 2.05) is 0 Å². The van der Waals surface area contributed by atoms with E-state index < -0.39 is 40.0 Å². The Labute approximate surface area is 220 Å². The maximum absolute atomic E-state index is 13.4. The lowest BCUT2D eigenvalue weighted by Gasteiger charge is -2.36. The highest BCUT2D eigenvalue weighted by atomic mass is 79.9. The van der Waals surface area contributed by atoms with E-state index in [1.165, 1.54) is 4.90 Å². The van der Waals surface area contributed by atoms with Gasteiger partial charge in [-0.25, -0.2) is 4.79 Å². The molecule has 0 atom stereocenters. The fraction of sp³-hybridized carbons (Fsp3) is 0.130. The first-order chi connectivity index (χ1) is 16.9. The van der Waals surface area contributed by atoms with Crippen molar-refractivity contribution in [1.82, 2.24) is 0 Å². The summed E-state index contributed by atoms with van der Waals surface area (Å²) in [5.41, 5.74) is -4.36. The second kappa shape index (κ2) is 9.87. The van der Waals surface area contributed by atoms with Crippen LogP contribution in [-0.4, -0.2) is 32.4 Å². The van der Waals surface area contributed by atoms with E-state index in [4.69, 9.17) is 4.74 Å². The molecule has 7 nitrogen and oxygen atoms in total. The Hall–Kier alpha value is -2.90. The Balaban J connectivity index is 1.73. The summed E-state index contributed by atoms with van der Waals surface area (Å²) in [5, 5.41) is 0. The van der Waals surface area contributed by atoms with Gasteiger partial charge in [0, 0.05) is 11.4 Å². The van der Waals surface area contributed by atoms with Crippen molar-refractivity contribution in [3.8, 4) is 5.75 Å². The smallest absolute Gasteiger partial charge is 0.423 e. The fourth-order valence-corrected chi connectivity index (χ4v) is 5.29. The van der Waals surface area contributed by atoms with E-state index in [1.54, 1.807) is 66.7 Å². The van der Waals surface area contributed by atoms with Gasteiger partial charge < -0.3 is 13.8 Å². The Bertz CT molecular complexity index is 1390. The zero-order valence-electron chi connectivity index (χ0n) is 17.8. The number of hydrogen-bond acceptors (Lipinski definition) is 7. The van der Waals surface area contributed by atoms with Crippen LogP contribution in [0.5, 0.6) is 5.75 Å². The minimum atomic E-state index is -6.13. The maximum atomic E-state index is 13.4. The van der Waals surface area contributed by atoms with Crippen LogP contribution < -0.4 is 9.64 Å². The number of para-hydroxylation sites is 3. The van der Waals surface area contributed by atoms with E-state index >= 15 is 0 Å². The number of alkyl halides is 3. The Morgan fingerprint density at radius 1 is 0.861 bits per heavy atom. The number of carbonyl (C=O) groups is 2. The monoisotopic (exact) mass is 647 g/mol. The van der Waals surface area contributed by atoms with Crippen molar-refractivity contribution in [2.45, 2.75) is 11.4 Å². The van der Waals surface area contributed by atoms with Crippen LogP contribution in [0.3, 0.4) is 0 Å². The number of anilines is 2. The minimum Gasteiger partial charge on any atom is -0.423 e. The Morgan fingerprint density at radius 2 is 1.36 bits per heavy atom. The number of rotatable bonds is 5. The van der Waals surface area contributed by atoms with Gasteiger partial charge >= 0.3 is 27.6 Å². The van der Waals surface area contributed by atoms with Crippen molar-refractivity contribution in [1.29, 1.82) is 0 Å². The van der Waals surface area contributed by atoms with Gasteiger partial charge in [-0.05, 0) is 67.3 Å². The largest absolute Gasteiger partial charge is 0.534 e. The molecule has 3 aromatic carbocycles. The van der Waals surface area contributed by atoms with Crippen molar-refractivity contribution in [3.63, 3.8) is 0 Å². The van der Waals surface area contributed by atoms with Crippen LogP contribution in [0.15, 0.2) is 75.7 Å². The first-order valence-corrected chi connectivity index (χ1v) is 13.0. The number of ether oxygens (including phenoxy) is 1. The quantitative estimate of drug-likeness (QED) is 0.150. The summed E-state index contributed by atoms with van der Waals surface area (Å²) < 4.78 is 71.2. The Kier molecular flexibility index (Phi) is 7.17. The molecular formula is C23H14Br2F3NO6S. The average Bonchev–Trinajstić information content (AvgIpc) is 2.80. The van der Waals surface area contributed by atoms with Crippen LogP contribution in [0.1, 0.15) is 17.0 Å². The van der Waals surface area contributed by atoms with Crippen LogP contribution in [0, 0.1) is 0 Å². The summed E-state index contributed by atoms with van der Waals surface area (Å²) >= 11 is 6.68. The van der Waals surface area contributed by atoms with E-state index in [0.29, 0.717) is 31.4 Å². The van der Waals surface area contributed by atoms with Crippen molar-refractivity contribution < 1.29 is 40.1 Å². The van der Waals surface area contributed by atoms with Crippen molar-refractivity contribution in [2.75, 3.05) is 11.4 Å². The lowest BCUT2D eigenvalue weighted by atomic mass is 9.85. The van der Waals surface area contributed by atoms with Crippen molar-refractivity contribution in [3.05, 3.63) is 86.8 Å². The zero-order chi connectivity index (χ0) is 26.3. The fourth-order valence-electron chi connectivity index (χ4n) is 3.74. The molecule has 13 heteroatoms. The van der Waals surface area contributed by atoms with Crippen molar-refractivity contribution >= 4 is 65.3 Å². The summed E-state index contributed by atoms with van der Waals surface area (Å²) in [6, 6.07) is 17.9. The highest BCUT2D eigenvalue weighted by molar-refractivity contribution is 9.11. The molecule has 0 saturated carbocycles. The third kappa shape index (κ3) is 5.00. The third-order valence-electron chi connectivity index (χ3n) is 5.21.